The van der Waals surface area contributed by atoms with Gasteiger partial charge in [0.05, 0.1) is 12.4 Å². The van der Waals surface area contributed by atoms with Gasteiger partial charge >= 0.3 is 0 Å². The number of hydrogen-bond acceptors (Lipinski definition) is 4. The molecule has 84 valence electrons. The SMILES string of the molecule is CC(C)n1cc(Oc2ccnc(N)c2)cn1. The molecule has 0 saturated carbocycles. The Hall–Kier alpha value is -2.04. The second kappa shape index (κ2) is 4.22. The first-order valence-corrected chi connectivity index (χ1v) is 5.08. The van der Waals surface area contributed by atoms with Gasteiger partial charge in [-0.2, -0.15) is 5.10 Å². The van der Waals surface area contributed by atoms with Crippen molar-refractivity contribution in [2.75, 3.05) is 5.73 Å². The zero-order valence-electron chi connectivity index (χ0n) is 9.29. The van der Waals surface area contributed by atoms with Gasteiger partial charge in [0.1, 0.15) is 11.6 Å². The molecule has 0 aliphatic heterocycles. The summed E-state index contributed by atoms with van der Waals surface area (Å²) in [4.78, 5) is 3.89. The van der Waals surface area contributed by atoms with Crippen molar-refractivity contribution in [3.05, 3.63) is 30.7 Å². The molecule has 2 N–H and O–H groups in total. The molecule has 0 saturated heterocycles. The first-order chi connectivity index (χ1) is 7.65. The number of nitrogen functional groups attached to an aromatic ring is 1. The highest BCUT2D eigenvalue weighted by Crippen LogP contribution is 2.22. The molecule has 0 aliphatic rings. The van der Waals surface area contributed by atoms with Gasteiger partial charge in [0.25, 0.3) is 0 Å². The van der Waals surface area contributed by atoms with Crippen LogP contribution in [0.5, 0.6) is 11.5 Å². The van der Waals surface area contributed by atoms with Gasteiger partial charge < -0.3 is 10.5 Å². The van der Waals surface area contributed by atoms with E-state index in [1.807, 2.05) is 10.9 Å². The molecule has 0 unspecified atom stereocenters. The molecule has 0 radical (unpaired) electrons. The van der Waals surface area contributed by atoms with E-state index in [2.05, 4.69) is 23.9 Å². The normalized spacial score (nSPS) is 10.7. The van der Waals surface area contributed by atoms with Crippen molar-refractivity contribution in [1.29, 1.82) is 0 Å². The van der Waals surface area contributed by atoms with Crippen molar-refractivity contribution in [3.63, 3.8) is 0 Å². The molecule has 0 fully saturated rings. The molecule has 2 aromatic rings. The van der Waals surface area contributed by atoms with Crippen LogP contribution in [0.3, 0.4) is 0 Å². The number of aromatic nitrogens is 3. The molecule has 0 amide bonds. The highest BCUT2D eigenvalue weighted by molar-refractivity contribution is 5.37. The predicted molar refractivity (Wildman–Crippen MR) is 61.3 cm³/mol. The van der Waals surface area contributed by atoms with Crippen LogP contribution in [0.25, 0.3) is 0 Å². The Morgan fingerprint density at radius 1 is 1.38 bits per heavy atom. The molecule has 5 nitrogen and oxygen atoms in total. The predicted octanol–water partition coefficient (Wildman–Crippen LogP) is 2.23. The van der Waals surface area contributed by atoms with Crippen LogP contribution in [0.1, 0.15) is 19.9 Å². The van der Waals surface area contributed by atoms with Crippen LogP contribution < -0.4 is 10.5 Å². The van der Waals surface area contributed by atoms with E-state index in [0.29, 0.717) is 23.4 Å². The molecule has 0 bridgehead atoms. The third-order valence-electron chi connectivity index (χ3n) is 2.10. The van der Waals surface area contributed by atoms with E-state index in [1.165, 1.54) is 0 Å². The molecule has 0 atom stereocenters. The van der Waals surface area contributed by atoms with E-state index in [4.69, 9.17) is 10.5 Å². The minimum Gasteiger partial charge on any atom is -0.454 e. The number of nitrogens with zero attached hydrogens (tertiary/aromatic N) is 3. The Morgan fingerprint density at radius 3 is 2.81 bits per heavy atom. The van der Waals surface area contributed by atoms with Gasteiger partial charge in [-0.05, 0) is 19.9 Å². The topological polar surface area (TPSA) is 66.0 Å². The summed E-state index contributed by atoms with van der Waals surface area (Å²) in [5, 5.41) is 4.18. The maximum absolute atomic E-state index is 5.59. The maximum Gasteiger partial charge on any atom is 0.165 e. The average molecular weight is 218 g/mol. The number of pyridine rings is 1. The summed E-state index contributed by atoms with van der Waals surface area (Å²) in [6.45, 7) is 4.11. The van der Waals surface area contributed by atoms with Crippen LogP contribution in [0.4, 0.5) is 5.82 Å². The monoisotopic (exact) mass is 218 g/mol. The van der Waals surface area contributed by atoms with Crippen molar-refractivity contribution in [2.45, 2.75) is 19.9 Å². The number of hydrogen-bond donors (Lipinski definition) is 1. The molecular formula is C11H14N4O. The molecule has 2 heterocycles. The van der Waals surface area contributed by atoms with E-state index < -0.39 is 0 Å². The van der Waals surface area contributed by atoms with Crippen LogP contribution in [0, 0.1) is 0 Å². The van der Waals surface area contributed by atoms with Gasteiger partial charge in [0.2, 0.25) is 0 Å². The highest BCUT2D eigenvalue weighted by atomic mass is 16.5. The summed E-state index contributed by atoms with van der Waals surface area (Å²) in [6, 6.07) is 3.75. The zero-order chi connectivity index (χ0) is 11.5. The van der Waals surface area contributed by atoms with Gasteiger partial charge in [-0.15, -0.1) is 0 Å². The molecular weight excluding hydrogens is 204 g/mol. The smallest absolute Gasteiger partial charge is 0.165 e. The minimum atomic E-state index is 0.319. The number of nitrogens with two attached hydrogens (primary N) is 1. The second-order valence-corrected chi connectivity index (χ2v) is 3.77. The van der Waals surface area contributed by atoms with Crippen molar-refractivity contribution in [1.82, 2.24) is 14.8 Å². The fourth-order valence-corrected chi connectivity index (χ4v) is 1.28. The molecule has 5 heteroatoms. The van der Waals surface area contributed by atoms with E-state index in [0.717, 1.165) is 0 Å². The lowest BCUT2D eigenvalue weighted by molar-refractivity contribution is 0.477. The molecule has 0 spiro atoms. The summed E-state index contributed by atoms with van der Waals surface area (Å²) < 4.78 is 7.42. The number of rotatable bonds is 3. The fourth-order valence-electron chi connectivity index (χ4n) is 1.28. The fraction of sp³-hybridized carbons (Fsp3) is 0.273. The average Bonchev–Trinajstić information content (AvgIpc) is 2.66. The van der Waals surface area contributed by atoms with Crippen LogP contribution >= 0.6 is 0 Å². The summed E-state index contributed by atoms with van der Waals surface area (Å²) in [5.41, 5.74) is 5.55. The Morgan fingerprint density at radius 2 is 2.19 bits per heavy atom. The van der Waals surface area contributed by atoms with E-state index in [1.54, 1.807) is 24.5 Å². The quantitative estimate of drug-likeness (QED) is 0.857. The van der Waals surface area contributed by atoms with Crippen LogP contribution in [-0.2, 0) is 0 Å². The lowest BCUT2D eigenvalue weighted by Crippen LogP contribution is -1.99. The third-order valence-corrected chi connectivity index (χ3v) is 2.10. The van der Waals surface area contributed by atoms with Crippen molar-refractivity contribution in [2.24, 2.45) is 0 Å². The summed E-state index contributed by atoms with van der Waals surface area (Å²) in [7, 11) is 0. The zero-order valence-corrected chi connectivity index (χ0v) is 9.29. The Labute approximate surface area is 93.9 Å². The van der Waals surface area contributed by atoms with Crippen LogP contribution in [-0.4, -0.2) is 14.8 Å². The maximum atomic E-state index is 5.59. The lowest BCUT2D eigenvalue weighted by atomic mass is 10.4. The van der Waals surface area contributed by atoms with Crippen LogP contribution in [0.15, 0.2) is 30.7 Å². The van der Waals surface area contributed by atoms with Crippen molar-refractivity contribution < 1.29 is 4.74 Å². The minimum absolute atomic E-state index is 0.319. The van der Waals surface area contributed by atoms with Crippen molar-refractivity contribution in [3.8, 4) is 11.5 Å². The van der Waals surface area contributed by atoms with Gasteiger partial charge in [0.15, 0.2) is 5.75 Å². The Bertz CT molecular complexity index is 478. The lowest BCUT2D eigenvalue weighted by Gasteiger charge is -2.04. The number of ether oxygens (including phenoxy) is 1. The van der Waals surface area contributed by atoms with E-state index in [9.17, 15) is 0 Å². The molecule has 2 aromatic heterocycles. The summed E-state index contributed by atoms with van der Waals surface area (Å²) >= 11 is 0. The first kappa shape index (κ1) is 10.5. The van der Waals surface area contributed by atoms with Crippen molar-refractivity contribution >= 4 is 5.82 Å². The highest BCUT2D eigenvalue weighted by Gasteiger charge is 2.03. The molecule has 16 heavy (non-hydrogen) atoms. The van der Waals surface area contributed by atoms with Gasteiger partial charge in [-0.3, -0.25) is 4.68 Å². The molecule has 0 aromatic carbocycles. The largest absolute Gasteiger partial charge is 0.454 e. The first-order valence-electron chi connectivity index (χ1n) is 5.08. The Balaban J connectivity index is 2.14. The van der Waals surface area contributed by atoms with E-state index >= 15 is 0 Å². The second-order valence-electron chi connectivity index (χ2n) is 3.77. The summed E-state index contributed by atoms with van der Waals surface area (Å²) in [5.74, 6) is 1.80. The van der Waals surface area contributed by atoms with Crippen LogP contribution in [0.2, 0.25) is 0 Å². The standard InChI is InChI=1S/C11H14N4O/c1-8(2)15-7-10(6-14-15)16-9-3-4-13-11(12)5-9/h3-8H,1-2H3,(H2,12,13). The van der Waals surface area contributed by atoms with Gasteiger partial charge in [0, 0.05) is 18.3 Å². The molecule has 0 aliphatic carbocycles. The Kier molecular flexibility index (Phi) is 2.76. The van der Waals surface area contributed by atoms with Gasteiger partial charge in [-0.25, -0.2) is 4.98 Å². The van der Waals surface area contributed by atoms with Gasteiger partial charge in [-0.1, -0.05) is 0 Å². The molecule has 2 rings (SSSR count). The number of anilines is 1. The third kappa shape index (κ3) is 2.31. The summed E-state index contributed by atoms with van der Waals surface area (Å²) in [6.07, 6.45) is 5.13. The van der Waals surface area contributed by atoms with E-state index in [-0.39, 0.29) is 0 Å².